The van der Waals surface area contributed by atoms with Crippen molar-refractivity contribution in [1.29, 1.82) is 0 Å². The second kappa shape index (κ2) is 4.85. The van der Waals surface area contributed by atoms with Gasteiger partial charge in [-0.05, 0) is 12.8 Å². The number of carbonyl (C=O) groups is 2. The molecule has 1 saturated heterocycles. The topological polar surface area (TPSA) is 40.6 Å². The minimum absolute atomic E-state index is 0.00385. The van der Waals surface area contributed by atoms with Crippen LogP contribution in [-0.4, -0.2) is 48.3 Å². The van der Waals surface area contributed by atoms with E-state index in [1.54, 1.807) is 16.8 Å². The van der Waals surface area contributed by atoms with E-state index in [-0.39, 0.29) is 17.7 Å². The summed E-state index contributed by atoms with van der Waals surface area (Å²) in [5, 5.41) is 0. The van der Waals surface area contributed by atoms with Crippen molar-refractivity contribution in [3.8, 4) is 0 Å². The van der Waals surface area contributed by atoms with Crippen LogP contribution in [0.2, 0.25) is 0 Å². The largest absolute Gasteiger partial charge is 0.326 e. The molecule has 0 aromatic carbocycles. The molecule has 4 heteroatoms. The molecule has 1 aliphatic heterocycles. The Morgan fingerprint density at radius 1 is 1.25 bits per heavy atom. The fraction of sp³-hybridized carbons (Fsp3) is 0.833. The van der Waals surface area contributed by atoms with Crippen molar-refractivity contribution in [2.75, 3.05) is 26.7 Å². The maximum Gasteiger partial charge on any atom is 0.320 e. The van der Waals surface area contributed by atoms with E-state index in [9.17, 15) is 9.59 Å². The minimum Gasteiger partial charge on any atom is -0.326 e. The molecule has 0 aromatic rings. The van der Waals surface area contributed by atoms with Crippen molar-refractivity contribution < 1.29 is 9.59 Å². The van der Waals surface area contributed by atoms with Crippen molar-refractivity contribution in [2.24, 2.45) is 5.92 Å². The highest BCUT2D eigenvalue weighted by Gasteiger charge is 2.29. The lowest BCUT2D eigenvalue weighted by Crippen LogP contribution is -2.36. The summed E-state index contributed by atoms with van der Waals surface area (Å²) in [6.07, 6.45) is 5.65. The molecule has 0 atom stereocenters. The van der Waals surface area contributed by atoms with Crippen LogP contribution >= 0.6 is 0 Å². The molecular formula is C12H20N2O2. The molecule has 0 N–H and O–H groups in total. The highest BCUT2D eigenvalue weighted by Crippen LogP contribution is 2.24. The lowest BCUT2D eigenvalue weighted by molar-refractivity contribution is -0.124. The number of amides is 2. The fourth-order valence-corrected chi connectivity index (χ4v) is 2.59. The Bertz CT molecular complexity index is 285. The number of rotatable bonds is 3. The maximum absolute atomic E-state index is 12.0. The predicted octanol–water partition coefficient (Wildman–Crippen LogP) is 1.50. The first kappa shape index (κ1) is 11.4. The van der Waals surface area contributed by atoms with Gasteiger partial charge in [0.25, 0.3) is 0 Å². The number of Topliss-reactive ketones (excluding diaryl/α,β-unsaturated/α-hetero) is 1. The fourth-order valence-electron chi connectivity index (χ4n) is 2.59. The molecule has 90 valence electrons. The van der Waals surface area contributed by atoms with Crippen LogP contribution in [0, 0.1) is 5.92 Å². The van der Waals surface area contributed by atoms with Crippen LogP contribution < -0.4 is 0 Å². The van der Waals surface area contributed by atoms with Crippen LogP contribution in [0.1, 0.15) is 32.1 Å². The summed E-state index contributed by atoms with van der Waals surface area (Å²) in [7, 11) is 1.79. The standard InChI is InChI=1S/C12H20N2O2/c1-13-7-8-14(12(13)16)9-11(15)10-5-3-2-4-6-10/h10H,2-9H2,1H3. The Hall–Kier alpha value is -1.06. The normalized spacial score (nSPS) is 22.9. The lowest BCUT2D eigenvalue weighted by atomic mass is 9.86. The molecular weight excluding hydrogens is 204 g/mol. The van der Waals surface area contributed by atoms with Gasteiger partial charge in [0.1, 0.15) is 0 Å². The van der Waals surface area contributed by atoms with Crippen LogP contribution in [0.15, 0.2) is 0 Å². The van der Waals surface area contributed by atoms with Crippen LogP contribution in [-0.2, 0) is 4.79 Å². The van der Waals surface area contributed by atoms with E-state index in [4.69, 9.17) is 0 Å². The first-order valence-electron chi connectivity index (χ1n) is 6.21. The molecule has 2 amide bonds. The van der Waals surface area contributed by atoms with Gasteiger partial charge in [-0.25, -0.2) is 4.79 Å². The minimum atomic E-state index is 0.00385. The van der Waals surface area contributed by atoms with E-state index < -0.39 is 0 Å². The third-order valence-electron chi connectivity index (χ3n) is 3.71. The SMILES string of the molecule is CN1CCN(CC(=O)C2CCCCC2)C1=O. The van der Waals surface area contributed by atoms with Crippen molar-refractivity contribution in [3.05, 3.63) is 0 Å². The molecule has 2 fully saturated rings. The lowest BCUT2D eigenvalue weighted by Gasteiger charge is -2.23. The quantitative estimate of drug-likeness (QED) is 0.729. The van der Waals surface area contributed by atoms with Crippen molar-refractivity contribution in [1.82, 2.24) is 9.80 Å². The summed E-state index contributed by atoms with van der Waals surface area (Å²) in [6.45, 7) is 1.78. The van der Waals surface area contributed by atoms with E-state index in [0.29, 0.717) is 13.1 Å². The van der Waals surface area contributed by atoms with E-state index in [1.807, 2.05) is 0 Å². The monoisotopic (exact) mass is 224 g/mol. The van der Waals surface area contributed by atoms with E-state index >= 15 is 0 Å². The average Bonchev–Trinajstić information content (AvgIpc) is 2.62. The smallest absolute Gasteiger partial charge is 0.320 e. The van der Waals surface area contributed by atoms with Gasteiger partial charge in [-0.1, -0.05) is 19.3 Å². The van der Waals surface area contributed by atoms with E-state index in [0.717, 1.165) is 19.4 Å². The Labute approximate surface area is 96.6 Å². The van der Waals surface area contributed by atoms with Crippen LogP contribution in [0.4, 0.5) is 4.79 Å². The van der Waals surface area contributed by atoms with Gasteiger partial charge in [-0.15, -0.1) is 0 Å². The van der Waals surface area contributed by atoms with Crippen LogP contribution in [0.5, 0.6) is 0 Å². The molecule has 0 spiro atoms. The third-order valence-corrected chi connectivity index (χ3v) is 3.71. The van der Waals surface area contributed by atoms with E-state index in [1.165, 1.54) is 19.3 Å². The van der Waals surface area contributed by atoms with Gasteiger partial charge < -0.3 is 9.80 Å². The number of carbonyl (C=O) groups excluding carboxylic acids is 2. The van der Waals surface area contributed by atoms with Gasteiger partial charge in [0.05, 0.1) is 6.54 Å². The molecule has 0 unspecified atom stereocenters. The molecule has 1 aliphatic carbocycles. The molecule has 16 heavy (non-hydrogen) atoms. The van der Waals surface area contributed by atoms with Crippen molar-refractivity contribution in [2.45, 2.75) is 32.1 Å². The zero-order chi connectivity index (χ0) is 11.5. The summed E-state index contributed by atoms with van der Waals surface area (Å²) in [5.74, 6) is 0.482. The number of urea groups is 1. The second-order valence-electron chi connectivity index (χ2n) is 4.93. The molecule has 0 bridgehead atoms. The van der Waals surface area contributed by atoms with Gasteiger partial charge >= 0.3 is 6.03 Å². The van der Waals surface area contributed by atoms with Gasteiger partial charge in [-0.3, -0.25) is 4.79 Å². The third kappa shape index (κ3) is 2.36. The van der Waals surface area contributed by atoms with Crippen molar-refractivity contribution in [3.63, 3.8) is 0 Å². The zero-order valence-electron chi connectivity index (χ0n) is 9.95. The first-order valence-corrected chi connectivity index (χ1v) is 6.21. The Morgan fingerprint density at radius 2 is 1.94 bits per heavy atom. The number of ketones is 1. The predicted molar refractivity (Wildman–Crippen MR) is 61.2 cm³/mol. The van der Waals surface area contributed by atoms with Crippen LogP contribution in [0.3, 0.4) is 0 Å². The average molecular weight is 224 g/mol. The molecule has 2 rings (SSSR count). The van der Waals surface area contributed by atoms with Crippen LogP contribution in [0.25, 0.3) is 0 Å². The highest BCUT2D eigenvalue weighted by atomic mass is 16.2. The molecule has 1 heterocycles. The summed E-state index contributed by atoms with van der Waals surface area (Å²) in [6, 6.07) is 0.00385. The first-order chi connectivity index (χ1) is 7.68. The van der Waals surface area contributed by atoms with E-state index in [2.05, 4.69) is 0 Å². The number of likely N-dealkylation sites (N-methyl/N-ethyl adjacent to an activating group) is 1. The number of hydrogen-bond donors (Lipinski definition) is 0. The Balaban J connectivity index is 1.84. The highest BCUT2D eigenvalue weighted by molar-refractivity contribution is 5.87. The number of nitrogens with zero attached hydrogens (tertiary/aromatic N) is 2. The summed E-state index contributed by atoms with van der Waals surface area (Å²) < 4.78 is 0. The van der Waals surface area contributed by atoms with Gasteiger partial charge in [0.2, 0.25) is 0 Å². The van der Waals surface area contributed by atoms with Gasteiger partial charge in [-0.2, -0.15) is 0 Å². The second-order valence-corrected chi connectivity index (χ2v) is 4.93. The summed E-state index contributed by atoms with van der Waals surface area (Å²) >= 11 is 0. The summed E-state index contributed by atoms with van der Waals surface area (Å²) in [4.78, 5) is 27.0. The summed E-state index contributed by atoms with van der Waals surface area (Å²) in [5.41, 5.74) is 0. The van der Waals surface area contributed by atoms with Crippen molar-refractivity contribution >= 4 is 11.8 Å². The molecule has 0 radical (unpaired) electrons. The maximum atomic E-state index is 12.0. The Morgan fingerprint density at radius 3 is 2.50 bits per heavy atom. The van der Waals surface area contributed by atoms with Gasteiger partial charge in [0, 0.05) is 26.1 Å². The molecule has 2 aliphatic rings. The number of hydrogen-bond acceptors (Lipinski definition) is 2. The Kier molecular flexibility index (Phi) is 3.46. The molecule has 0 aromatic heterocycles. The zero-order valence-corrected chi connectivity index (χ0v) is 9.95. The molecule has 1 saturated carbocycles. The molecule has 4 nitrogen and oxygen atoms in total. The van der Waals surface area contributed by atoms with Gasteiger partial charge in [0.15, 0.2) is 5.78 Å².